The summed E-state index contributed by atoms with van der Waals surface area (Å²) in [6, 6.07) is 5.68. The fraction of sp³-hybridized carbons (Fsp3) is 0.167. The summed E-state index contributed by atoms with van der Waals surface area (Å²) in [6.45, 7) is 1.89. The van der Waals surface area contributed by atoms with Gasteiger partial charge in [0.2, 0.25) is 0 Å². The van der Waals surface area contributed by atoms with Gasteiger partial charge in [-0.15, -0.1) is 0 Å². The standard InChI is InChI=1S/C12H14BrN5O/c1-7-11(15-6-16-12(7)18-14)17-8-3-4-10(19-2)9(13)5-8/h3-6H,14H2,1-2H3,(H2,15,16,17,18). The molecule has 0 saturated carbocycles. The monoisotopic (exact) mass is 323 g/mol. The van der Waals surface area contributed by atoms with Gasteiger partial charge < -0.3 is 15.5 Å². The predicted octanol–water partition coefficient (Wildman–Crippen LogP) is 2.59. The number of benzene rings is 1. The van der Waals surface area contributed by atoms with Crippen LogP contribution >= 0.6 is 15.9 Å². The first kappa shape index (κ1) is 13.6. The summed E-state index contributed by atoms with van der Waals surface area (Å²) >= 11 is 3.44. The van der Waals surface area contributed by atoms with Crippen molar-refractivity contribution < 1.29 is 4.74 Å². The zero-order valence-corrected chi connectivity index (χ0v) is 12.2. The number of rotatable bonds is 4. The minimum absolute atomic E-state index is 0.588. The van der Waals surface area contributed by atoms with Crippen LogP contribution < -0.4 is 21.3 Å². The largest absolute Gasteiger partial charge is 0.496 e. The Morgan fingerprint density at radius 3 is 2.63 bits per heavy atom. The van der Waals surface area contributed by atoms with Gasteiger partial charge in [0.1, 0.15) is 23.7 Å². The summed E-state index contributed by atoms with van der Waals surface area (Å²) < 4.78 is 6.05. The molecule has 0 aliphatic rings. The molecule has 2 aromatic rings. The third-order valence-corrected chi connectivity index (χ3v) is 3.26. The predicted molar refractivity (Wildman–Crippen MR) is 78.6 cm³/mol. The van der Waals surface area contributed by atoms with Crippen LogP contribution in [-0.4, -0.2) is 17.1 Å². The Balaban J connectivity index is 2.29. The van der Waals surface area contributed by atoms with E-state index < -0.39 is 0 Å². The molecular formula is C12H14BrN5O. The van der Waals surface area contributed by atoms with Crippen LogP contribution in [0, 0.1) is 6.92 Å². The van der Waals surface area contributed by atoms with Gasteiger partial charge in [0.25, 0.3) is 0 Å². The molecule has 0 aliphatic carbocycles. The molecule has 100 valence electrons. The van der Waals surface area contributed by atoms with Crippen LogP contribution in [0.15, 0.2) is 29.0 Å². The number of nitrogens with two attached hydrogens (primary N) is 1. The van der Waals surface area contributed by atoms with E-state index in [1.54, 1.807) is 7.11 Å². The van der Waals surface area contributed by atoms with Crippen LogP contribution in [0.2, 0.25) is 0 Å². The van der Waals surface area contributed by atoms with Gasteiger partial charge in [-0.2, -0.15) is 0 Å². The van der Waals surface area contributed by atoms with Crippen LogP contribution in [0.25, 0.3) is 0 Å². The van der Waals surface area contributed by atoms with Gasteiger partial charge >= 0.3 is 0 Å². The Morgan fingerprint density at radius 2 is 2.00 bits per heavy atom. The van der Waals surface area contributed by atoms with Crippen molar-refractivity contribution >= 4 is 33.3 Å². The number of nitrogens with one attached hydrogen (secondary N) is 2. The first-order valence-corrected chi connectivity index (χ1v) is 6.33. The van der Waals surface area contributed by atoms with E-state index in [0.29, 0.717) is 11.6 Å². The molecule has 6 nitrogen and oxygen atoms in total. The van der Waals surface area contributed by atoms with Crippen LogP contribution in [0.4, 0.5) is 17.3 Å². The molecule has 2 rings (SSSR count). The molecule has 7 heteroatoms. The number of hydrogen-bond donors (Lipinski definition) is 3. The number of nitrogens with zero attached hydrogens (tertiary/aromatic N) is 2. The number of aromatic nitrogens is 2. The minimum Gasteiger partial charge on any atom is -0.496 e. The molecule has 0 amide bonds. The van der Waals surface area contributed by atoms with Crippen molar-refractivity contribution in [3.05, 3.63) is 34.6 Å². The van der Waals surface area contributed by atoms with E-state index in [1.807, 2.05) is 25.1 Å². The van der Waals surface area contributed by atoms with Gasteiger partial charge in [-0.1, -0.05) is 0 Å². The van der Waals surface area contributed by atoms with Crippen molar-refractivity contribution in [2.24, 2.45) is 5.84 Å². The molecule has 0 fully saturated rings. The molecule has 0 atom stereocenters. The maximum atomic E-state index is 5.38. The van der Waals surface area contributed by atoms with Gasteiger partial charge in [-0.25, -0.2) is 15.8 Å². The lowest BCUT2D eigenvalue weighted by molar-refractivity contribution is 0.412. The van der Waals surface area contributed by atoms with E-state index in [4.69, 9.17) is 10.6 Å². The molecule has 0 spiro atoms. The van der Waals surface area contributed by atoms with E-state index in [9.17, 15) is 0 Å². The lowest BCUT2D eigenvalue weighted by Crippen LogP contribution is -2.11. The van der Waals surface area contributed by atoms with E-state index in [0.717, 1.165) is 21.5 Å². The van der Waals surface area contributed by atoms with Gasteiger partial charge in [0.05, 0.1) is 11.6 Å². The maximum absolute atomic E-state index is 5.38. The van der Waals surface area contributed by atoms with E-state index in [-0.39, 0.29) is 0 Å². The molecule has 0 radical (unpaired) electrons. The first-order chi connectivity index (χ1) is 9.15. The second-order valence-corrected chi connectivity index (χ2v) is 4.67. The summed E-state index contributed by atoms with van der Waals surface area (Å²) in [6.07, 6.45) is 1.45. The highest BCUT2D eigenvalue weighted by Crippen LogP contribution is 2.30. The number of ether oxygens (including phenoxy) is 1. The number of hydrazine groups is 1. The highest BCUT2D eigenvalue weighted by atomic mass is 79.9. The average Bonchev–Trinajstić information content (AvgIpc) is 2.41. The molecule has 0 unspecified atom stereocenters. The quantitative estimate of drug-likeness (QED) is 0.592. The Labute approximate surface area is 119 Å². The maximum Gasteiger partial charge on any atom is 0.148 e. The third-order valence-electron chi connectivity index (χ3n) is 2.64. The smallest absolute Gasteiger partial charge is 0.148 e. The minimum atomic E-state index is 0.588. The lowest BCUT2D eigenvalue weighted by Gasteiger charge is -2.12. The topological polar surface area (TPSA) is 85.1 Å². The van der Waals surface area contributed by atoms with E-state index in [1.165, 1.54) is 6.33 Å². The summed E-state index contributed by atoms with van der Waals surface area (Å²) in [7, 11) is 1.63. The zero-order valence-electron chi connectivity index (χ0n) is 10.6. The Bertz CT molecular complexity index is 590. The number of methoxy groups -OCH3 is 1. The van der Waals surface area contributed by atoms with Crippen molar-refractivity contribution in [3.8, 4) is 5.75 Å². The van der Waals surface area contributed by atoms with Crippen molar-refractivity contribution in [3.63, 3.8) is 0 Å². The SMILES string of the molecule is COc1ccc(Nc2ncnc(NN)c2C)cc1Br. The summed E-state index contributed by atoms with van der Waals surface area (Å²) in [5.41, 5.74) is 4.26. The number of nitrogen functional groups attached to an aromatic ring is 1. The van der Waals surface area contributed by atoms with Crippen molar-refractivity contribution in [1.29, 1.82) is 0 Å². The molecule has 4 N–H and O–H groups in total. The normalized spacial score (nSPS) is 10.1. The molecular weight excluding hydrogens is 310 g/mol. The fourth-order valence-electron chi connectivity index (χ4n) is 1.60. The third kappa shape index (κ3) is 2.94. The van der Waals surface area contributed by atoms with Crippen molar-refractivity contribution in [1.82, 2.24) is 9.97 Å². The van der Waals surface area contributed by atoms with Crippen molar-refractivity contribution in [2.45, 2.75) is 6.92 Å². The van der Waals surface area contributed by atoms with E-state index >= 15 is 0 Å². The fourth-order valence-corrected chi connectivity index (χ4v) is 2.14. The van der Waals surface area contributed by atoms with Crippen LogP contribution in [-0.2, 0) is 0 Å². The van der Waals surface area contributed by atoms with Gasteiger partial charge in [0, 0.05) is 11.3 Å². The van der Waals surface area contributed by atoms with Crippen LogP contribution in [0.3, 0.4) is 0 Å². The first-order valence-electron chi connectivity index (χ1n) is 5.54. The summed E-state index contributed by atoms with van der Waals surface area (Å²) in [5.74, 6) is 7.44. The second kappa shape index (κ2) is 5.85. The van der Waals surface area contributed by atoms with Gasteiger partial charge in [-0.05, 0) is 41.1 Å². The average molecular weight is 324 g/mol. The highest BCUT2D eigenvalue weighted by Gasteiger charge is 2.07. The molecule has 1 heterocycles. The van der Waals surface area contributed by atoms with Crippen LogP contribution in [0.5, 0.6) is 5.75 Å². The molecule has 0 bridgehead atoms. The Kier molecular flexibility index (Phi) is 4.18. The number of halogens is 1. The van der Waals surface area contributed by atoms with Crippen LogP contribution in [0.1, 0.15) is 5.56 Å². The molecule has 19 heavy (non-hydrogen) atoms. The second-order valence-electron chi connectivity index (χ2n) is 3.81. The summed E-state index contributed by atoms with van der Waals surface area (Å²) in [4.78, 5) is 8.22. The Hall–Kier alpha value is -1.86. The van der Waals surface area contributed by atoms with Crippen molar-refractivity contribution in [2.75, 3.05) is 17.9 Å². The molecule has 0 saturated heterocycles. The highest BCUT2D eigenvalue weighted by molar-refractivity contribution is 9.10. The zero-order chi connectivity index (χ0) is 13.8. The Morgan fingerprint density at radius 1 is 1.26 bits per heavy atom. The number of anilines is 3. The van der Waals surface area contributed by atoms with E-state index in [2.05, 4.69) is 36.6 Å². The lowest BCUT2D eigenvalue weighted by atomic mass is 10.2. The molecule has 1 aromatic carbocycles. The molecule has 0 aliphatic heterocycles. The number of hydrogen-bond acceptors (Lipinski definition) is 6. The van der Waals surface area contributed by atoms with Gasteiger partial charge in [0.15, 0.2) is 0 Å². The summed E-state index contributed by atoms with van der Waals surface area (Å²) in [5, 5.41) is 3.21. The van der Waals surface area contributed by atoms with Gasteiger partial charge in [-0.3, -0.25) is 0 Å². The molecule has 1 aromatic heterocycles.